The Balaban J connectivity index is 1.21. The van der Waals surface area contributed by atoms with Gasteiger partial charge in [-0.3, -0.25) is 9.59 Å². The van der Waals surface area contributed by atoms with Crippen LogP contribution in [-0.4, -0.2) is 11.8 Å². The number of amides is 2. The van der Waals surface area contributed by atoms with Gasteiger partial charge in [0.2, 0.25) is 5.91 Å². The minimum Gasteiger partial charge on any atom is -0.457 e. The van der Waals surface area contributed by atoms with Crippen molar-refractivity contribution in [3.8, 4) is 11.3 Å². The van der Waals surface area contributed by atoms with E-state index in [1.54, 1.807) is 60.7 Å². The summed E-state index contributed by atoms with van der Waals surface area (Å²) in [6.45, 7) is 1.84. The molecule has 5 rings (SSSR count). The van der Waals surface area contributed by atoms with E-state index in [2.05, 4.69) is 10.6 Å². The van der Waals surface area contributed by atoms with Gasteiger partial charge in [-0.1, -0.05) is 41.4 Å². The Morgan fingerprint density at radius 3 is 2.38 bits per heavy atom. The summed E-state index contributed by atoms with van der Waals surface area (Å²) in [6.07, 6.45) is 2.94. The average Bonchev–Trinajstić information content (AvgIpc) is 3.51. The Kier molecular flexibility index (Phi) is 6.86. The van der Waals surface area contributed by atoms with Crippen molar-refractivity contribution < 1.29 is 18.4 Å². The minimum atomic E-state index is -0.350. The topological polar surface area (TPSA) is 84.5 Å². The van der Waals surface area contributed by atoms with Crippen molar-refractivity contribution in [3.63, 3.8) is 0 Å². The molecule has 184 valence electrons. The molecule has 0 radical (unpaired) electrons. The Morgan fingerprint density at radius 1 is 0.838 bits per heavy atom. The van der Waals surface area contributed by atoms with E-state index in [1.165, 1.54) is 6.08 Å². The molecule has 0 aliphatic heterocycles. The van der Waals surface area contributed by atoms with Crippen LogP contribution < -0.4 is 10.6 Å². The van der Waals surface area contributed by atoms with E-state index in [9.17, 15) is 9.59 Å². The number of fused-ring (bicyclic) bond motifs is 1. The van der Waals surface area contributed by atoms with Crippen LogP contribution in [0.4, 0.5) is 11.4 Å². The van der Waals surface area contributed by atoms with Crippen LogP contribution in [0, 0.1) is 6.92 Å². The van der Waals surface area contributed by atoms with E-state index in [1.807, 2.05) is 31.2 Å². The third-order valence-corrected chi connectivity index (χ3v) is 6.00. The first-order valence-corrected chi connectivity index (χ1v) is 12.1. The van der Waals surface area contributed by atoms with Crippen LogP contribution in [-0.2, 0) is 4.79 Å². The molecule has 0 saturated carbocycles. The van der Waals surface area contributed by atoms with Crippen molar-refractivity contribution in [2.24, 2.45) is 0 Å². The number of nitrogens with one attached hydrogen (secondary N) is 2. The molecule has 2 heterocycles. The van der Waals surface area contributed by atoms with Crippen molar-refractivity contribution in [3.05, 3.63) is 112 Å². The van der Waals surface area contributed by atoms with Crippen molar-refractivity contribution in [1.82, 2.24) is 0 Å². The van der Waals surface area contributed by atoms with Crippen molar-refractivity contribution in [2.45, 2.75) is 6.92 Å². The van der Waals surface area contributed by atoms with Gasteiger partial charge in [-0.25, -0.2) is 0 Å². The third-order valence-electron chi connectivity index (χ3n) is 5.56. The molecule has 0 atom stereocenters. The van der Waals surface area contributed by atoms with Crippen LogP contribution in [0.1, 0.15) is 21.9 Å². The number of carbonyl (C=O) groups excluding carboxylic acids is 2. The maximum atomic E-state index is 12.6. The quantitative estimate of drug-likeness (QED) is 0.216. The van der Waals surface area contributed by atoms with Crippen LogP contribution >= 0.6 is 23.2 Å². The zero-order chi connectivity index (χ0) is 25.9. The number of halogens is 2. The predicted octanol–water partition coefficient (Wildman–Crippen LogP) is 8.21. The first-order valence-electron chi connectivity index (χ1n) is 11.3. The lowest BCUT2D eigenvalue weighted by molar-refractivity contribution is -0.111. The molecule has 8 heteroatoms. The highest BCUT2D eigenvalue weighted by Gasteiger charge is 2.14. The predicted molar refractivity (Wildman–Crippen MR) is 147 cm³/mol. The molecule has 0 aliphatic rings. The van der Waals surface area contributed by atoms with Crippen molar-refractivity contribution >= 4 is 63.4 Å². The molecule has 0 spiro atoms. The molecule has 0 fully saturated rings. The Morgan fingerprint density at radius 2 is 1.62 bits per heavy atom. The van der Waals surface area contributed by atoms with Crippen LogP contribution in [0.3, 0.4) is 0 Å². The summed E-state index contributed by atoms with van der Waals surface area (Å²) >= 11 is 12.1. The second-order valence-electron chi connectivity index (χ2n) is 8.32. The molecule has 2 aromatic heterocycles. The maximum Gasteiger partial charge on any atom is 0.291 e. The highest BCUT2D eigenvalue weighted by atomic mass is 35.5. The Bertz CT molecular complexity index is 1610. The highest BCUT2D eigenvalue weighted by molar-refractivity contribution is 6.35. The molecular weight excluding hydrogens is 511 g/mol. The number of hydrogen-bond acceptors (Lipinski definition) is 4. The van der Waals surface area contributed by atoms with E-state index in [0.29, 0.717) is 38.5 Å². The number of benzene rings is 3. The molecule has 0 unspecified atom stereocenters. The summed E-state index contributed by atoms with van der Waals surface area (Å²) in [7, 11) is 0. The summed E-state index contributed by atoms with van der Waals surface area (Å²) < 4.78 is 11.4. The van der Waals surface area contributed by atoms with E-state index < -0.39 is 0 Å². The lowest BCUT2D eigenvalue weighted by Gasteiger charge is -2.09. The highest BCUT2D eigenvalue weighted by Crippen LogP contribution is 2.29. The number of rotatable bonds is 6. The molecule has 0 saturated heterocycles. The molecular formula is C29H20Cl2N2O4. The summed E-state index contributed by atoms with van der Waals surface area (Å²) in [6, 6.07) is 23.0. The fourth-order valence-electron chi connectivity index (χ4n) is 3.79. The smallest absolute Gasteiger partial charge is 0.291 e. The van der Waals surface area contributed by atoms with Gasteiger partial charge in [0, 0.05) is 38.4 Å². The van der Waals surface area contributed by atoms with Gasteiger partial charge in [-0.2, -0.15) is 0 Å². The van der Waals surface area contributed by atoms with Gasteiger partial charge in [0.1, 0.15) is 17.1 Å². The van der Waals surface area contributed by atoms with E-state index in [-0.39, 0.29) is 17.6 Å². The average molecular weight is 531 g/mol. The number of aryl methyl sites for hydroxylation is 1. The molecule has 5 aromatic rings. The normalized spacial score (nSPS) is 11.2. The SMILES string of the molecule is Cc1cc(NC(=O)/C=C/c2ccc(-c3cc(Cl)cc(Cl)c3)o2)ccc1NC(=O)c1cc2ccccc2o1. The van der Waals surface area contributed by atoms with Gasteiger partial charge in [-0.15, -0.1) is 0 Å². The summed E-state index contributed by atoms with van der Waals surface area (Å²) in [5, 5.41) is 7.52. The standard InChI is InChI=1S/C29H20Cl2N2O4/c1-17-12-22(6-9-24(17)33-29(35)27-15-18-4-2-3-5-25(18)37-27)32-28(34)11-8-23-7-10-26(36-23)19-13-20(30)16-21(31)14-19/h2-16H,1H3,(H,32,34)(H,33,35)/b11-8+. The third kappa shape index (κ3) is 5.77. The van der Waals surface area contributed by atoms with Gasteiger partial charge >= 0.3 is 0 Å². The molecule has 6 nitrogen and oxygen atoms in total. The zero-order valence-corrected chi connectivity index (χ0v) is 21.1. The minimum absolute atomic E-state index is 0.225. The molecule has 37 heavy (non-hydrogen) atoms. The van der Waals surface area contributed by atoms with Crippen molar-refractivity contribution in [1.29, 1.82) is 0 Å². The Hall–Kier alpha value is -4.26. The number of para-hydroxylation sites is 1. The van der Waals surface area contributed by atoms with E-state index >= 15 is 0 Å². The van der Waals surface area contributed by atoms with Gasteiger partial charge in [0.15, 0.2) is 5.76 Å². The molecule has 2 N–H and O–H groups in total. The molecule has 0 aliphatic carbocycles. The fourth-order valence-corrected chi connectivity index (χ4v) is 4.32. The fraction of sp³-hybridized carbons (Fsp3) is 0.0345. The van der Waals surface area contributed by atoms with E-state index in [4.69, 9.17) is 32.0 Å². The van der Waals surface area contributed by atoms with Crippen LogP contribution in [0.5, 0.6) is 0 Å². The van der Waals surface area contributed by atoms with E-state index in [0.717, 1.165) is 16.5 Å². The first-order chi connectivity index (χ1) is 17.8. The second kappa shape index (κ2) is 10.4. The summed E-state index contributed by atoms with van der Waals surface area (Å²) in [5.41, 5.74) is 3.37. The van der Waals surface area contributed by atoms with Crippen LogP contribution in [0.25, 0.3) is 28.4 Å². The lowest BCUT2D eigenvalue weighted by Crippen LogP contribution is -2.12. The molecule has 3 aromatic carbocycles. The second-order valence-corrected chi connectivity index (χ2v) is 9.19. The first kappa shape index (κ1) is 24.4. The Labute approximate surface area is 222 Å². The largest absolute Gasteiger partial charge is 0.457 e. The number of furan rings is 2. The number of carbonyl (C=O) groups is 2. The summed E-state index contributed by atoms with van der Waals surface area (Å²) in [5.74, 6) is 0.628. The lowest BCUT2D eigenvalue weighted by atomic mass is 10.1. The van der Waals surface area contributed by atoms with Gasteiger partial charge < -0.3 is 19.5 Å². The molecule has 0 bridgehead atoms. The van der Waals surface area contributed by atoms with Gasteiger partial charge in [0.05, 0.1) is 0 Å². The van der Waals surface area contributed by atoms with Crippen LogP contribution in [0.2, 0.25) is 10.0 Å². The maximum absolute atomic E-state index is 12.6. The number of anilines is 2. The van der Waals surface area contributed by atoms with Gasteiger partial charge in [0.25, 0.3) is 5.91 Å². The summed E-state index contributed by atoms with van der Waals surface area (Å²) in [4.78, 5) is 25.1. The monoisotopic (exact) mass is 530 g/mol. The zero-order valence-electron chi connectivity index (χ0n) is 19.5. The van der Waals surface area contributed by atoms with Crippen molar-refractivity contribution in [2.75, 3.05) is 10.6 Å². The number of hydrogen-bond donors (Lipinski definition) is 2. The van der Waals surface area contributed by atoms with Gasteiger partial charge in [-0.05, 0) is 79.2 Å². The molecule has 2 amide bonds. The van der Waals surface area contributed by atoms with Crippen LogP contribution in [0.15, 0.2) is 93.8 Å².